The molecule has 1 aromatic heterocycles. The first-order chi connectivity index (χ1) is 22.2. The summed E-state index contributed by atoms with van der Waals surface area (Å²) in [4.78, 5) is 38.9. The van der Waals surface area contributed by atoms with Gasteiger partial charge in [0.15, 0.2) is 0 Å². The first-order valence-corrected chi connectivity index (χ1v) is 16.1. The molecule has 0 atom stereocenters. The van der Waals surface area contributed by atoms with Crippen LogP contribution in [0.5, 0.6) is 5.88 Å². The standard InChI is InChI=1S/C19H17NO2S.C12H11ClO2.C7H7NS/c1-11-9-13(3)15(10-12(11)2)16-17(21)20-18(23-19(16)22)14-7-5-4-6-8-14;1-7-4-9(3)10(5-8(7)2)11(6-14)12(13)15;8-7(9)6-4-2-1-3-5-6/h4-10,21H,1-3H3;4-5H,1-3H3;1-5H,(H2,8,9). The van der Waals surface area contributed by atoms with Gasteiger partial charge in [0.1, 0.15) is 27.1 Å². The van der Waals surface area contributed by atoms with Crippen LogP contribution in [-0.4, -0.2) is 26.3 Å². The lowest BCUT2D eigenvalue weighted by Gasteiger charge is -2.11. The first kappa shape index (κ1) is 36.7. The van der Waals surface area contributed by atoms with E-state index in [1.807, 2.05) is 120 Å². The molecule has 240 valence electrons. The topological polar surface area (TPSA) is 110 Å². The van der Waals surface area contributed by atoms with Crippen LogP contribution in [0.1, 0.15) is 44.5 Å². The van der Waals surface area contributed by atoms with Crippen molar-refractivity contribution in [1.82, 2.24) is 4.98 Å². The van der Waals surface area contributed by atoms with Crippen molar-refractivity contribution in [3.05, 3.63) is 139 Å². The van der Waals surface area contributed by atoms with Gasteiger partial charge in [-0.2, -0.15) is 0 Å². The van der Waals surface area contributed by atoms with Gasteiger partial charge in [-0.1, -0.05) is 102 Å². The van der Waals surface area contributed by atoms with E-state index in [9.17, 15) is 19.5 Å². The van der Waals surface area contributed by atoms with E-state index in [0.29, 0.717) is 15.6 Å². The first-order valence-electron chi connectivity index (χ1n) is 14.5. The van der Waals surface area contributed by atoms with Gasteiger partial charge in [0, 0.05) is 16.7 Å². The molecule has 47 heavy (non-hydrogen) atoms. The molecule has 0 aliphatic carbocycles. The number of hydrogen-bond acceptors (Lipinski definition) is 7. The minimum atomic E-state index is -0.767. The van der Waals surface area contributed by atoms with Gasteiger partial charge in [-0.05, 0) is 98.2 Å². The molecule has 1 heterocycles. The van der Waals surface area contributed by atoms with Crippen molar-refractivity contribution in [2.45, 2.75) is 41.5 Å². The number of aromatic hydroxyl groups is 1. The van der Waals surface area contributed by atoms with E-state index in [-0.39, 0.29) is 21.8 Å². The predicted octanol–water partition coefficient (Wildman–Crippen LogP) is 8.38. The molecule has 9 heteroatoms. The highest BCUT2D eigenvalue weighted by atomic mass is 35.5. The molecule has 0 radical (unpaired) electrons. The molecular weight excluding hydrogens is 648 g/mol. The number of halogens is 1. The van der Waals surface area contributed by atoms with Crippen LogP contribution < -0.4 is 10.5 Å². The maximum Gasteiger partial charge on any atom is 0.264 e. The Morgan fingerprint density at radius 3 is 1.81 bits per heavy atom. The summed E-state index contributed by atoms with van der Waals surface area (Å²) >= 11 is 11.1. The summed E-state index contributed by atoms with van der Waals surface area (Å²) in [7, 11) is 0. The molecule has 0 fully saturated rings. The van der Waals surface area contributed by atoms with Gasteiger partial charge < -0.3 is 10.8 Å². The van der Waals surface area contributed by atoms with Crippen molar-refractivity contribution in [2.75, 3.05) is 0 Å². The smallest absolute Gasteiger partial charge is 0.264 e. The molecule has 0 saturated heterocycles. The van der Waals surface area contributed by atoms with Crippen LogP contribution in [-0.2, 0) is 9.59 Å². The van der Waals surface area contributed by atoms with E-state index in [2.05, 4.69) is 4.98 Å². The summed E-state index contributed by atoms with van der Waals surface area (Å²) in [5, 5.41) is 10.1. The average Bonchev–Trinajstić information content (AvgIpc) is 3.03. The molecule has 5 aromatic rings. The number of thiocarbonyl (C=S) groups is 1. The molecular formula is C38H35ClN2O4S2. The van der Waals surface area contributed by atoms with Gasteiger partial charge in [0.25, 0.3) is 5.24 Å². The second-order valence-electron chi connectivity index (χ2n) is 10.9. The van der Waals surface area contributed by atoms with E-state index < -0.39 is 5.24 Å². The third-order valence-electron chi connectivity index (χ3n) is 7.42. The highest BCUT2D eigenvalue weighted by molar-refractivity contribution is 7.80. The van der Waals surface area contributed by atoms with Crippen LogP contribution >= 0.6 is 35.2 Å². The lowest BCUT2D eigenvalue weighted by atomic mass is 9.97. The minimum Gasteiger partial charge on any atom is -0.493 e. The highest BCUT2D eigenvalue weighted by Crippen LogP contribution is 2.32. The van der Waals surface area contributed by atoms with Crippen LogP contribution in [0.15, 0.2) is 89.7 Å². The average molecular weight is 683 g/mol. The van der Waals surface area contributed by atoms with Gasteiger partial charge in [0.05, 0.1) is 0 Å². The Kier molecular flexibility index (Phi) is 13.1. The SMILES string of the molecule is Cc1cc(C)c(-c2c(O)nc(-c3ccccc3)sc2=O)cc1C.Cc1cc(C)c(C(=C=O)C(=O)Cl)cc1C.NC(=S)c1ccccc1. The molecule has 6 nitrogen and oxygen atoms in total. The number of carbonyl (C=O) groups excluding carboxylic acids is 2. The molecule has 4 aromatic carbocycles. The number of hydrogen-bond donors (Lipinski definition) is 2. The molecule has 0 amide bonds. The van der Waals surface area contributed by atoms with E-state index in [1.54, 1.807) is 12.0 Å². The van der Waals surface area contributed by atoms with E-state index in [4.69, 9.17) is 29.6 Å². The lowest BCUT2D eigenvalue weighted by molar-refractivity contribution is -0.106. The van der Waals surface area contributed by atoms with Crippen molar-refractivity contribution in [3.8, 4) is 27.6 Å². The third kappa shape index (κ3) is 9.64. The van der Waals surface area contributed by atoms with E-state index >= 15 is 0 Å². The van der Waals surface area contributed by atoms with Crippen molar-refractivity contribution in [3.63, 3.8) is 0 Å². The molecule has 0 aliphatic heterocycles. The summed E-state index contributed by atoms with van der Waals surface area (Å²) in [6.45, 7) is 11.7. The summed E-state index contributed by atoms with van der Waals surface area (Å²) in [5.41, 5.74) is 14.8. The van der Waals surface area contributed by atoms with Crippen LogP contribution in [0.3, 0.4) is 0 Å². The number of aromatic nitrogens is 1. The number of benzene rings is 4. The number of rotatable bonds is 5. The quantitative estimate of drug-likeness (QED) is 0.0829. The Morgan fingerprint density at radius 2 is 1.32 bits per heavy atom. The lowest BCUT2D eigenvalue weighted by Crippen LogP contribution is -2.08. The number of aryl methyl sites for hydroxylation is 6. The molecule has 0 spiro atoms. The Hall–Kier alpha value is -4.72. The zero-order chi connectivity index (χ0) is 34.8. The number of allylic oxidation sites excluding steroid dienone is 1. The van der Waals surface area contributed by atoms with Gasteiger partial charge >= 0.3 is 0 Å². The fourth-order valence-corrected chi connectivity index (χ4v) is 5.74. The second kappa shape index (κ2) is 16.7. The number of carbonyl (C=O) groups is 1. The minimum absolute atomic E-state index is 0.0998. The van der Waals surface area contributed by atoms with Crippen molar-refractivity contribution in [1.29, 1.82) is 0 Å². The summed E-state index contributed by atoms with van der Waals surface area (Å²) in [6.07, 6.45) is 0. The van der Waals surface area contributed by atoms with Gasteiger partial charge in [-0.3, -0.25) is 9.59 Å². The zero-order valence-corrected chi connectivity index (χ0v) is 29.4. The second-order valence-corrected chi connectivity index (χ2v) is 12.6. The maximum absolute atomic E-state index is 12.6. The van der Waals surface area contributed by atoms with E-state index in [1.165, 1.54) is 0 Å². The highest BCUT2D eigenvalue weighted by Gasteiger charge is 2.17. The zero-order valence-electron chi connectivity index (χ0n) is 27.0. The number of nitrogens with zero attached hydrogens (tertiary/aromatic N) is 1. The largest absolute Gasteiger partial charge is 0.493 e. The van der Waals surface area contributed by atoms with Gasteiger partial charge in [-0.25, -0.2) is 9.78 Å². The van der Waals surface area contributed by atoms with Crippen molar-refractivity contribution in [2.24, 2.45) is 5.73 Å². The summed E-state index contributed by atoms with van der Waals surface area (Å²) in [5.74, 6) is 1.38. The normalized spacial score (nSPS) is 10.0. The molecule has 5 rings (SSSR count). The van der Waals surface area contributed by atoms with Crippen LogP contribution in [0.2, 0.25) is 0 Å². The summed E-state index contributed by atoms with van der Waals surface area (Å²) < 4.78 is -0.178. The Balaban J connectivity index is 0.000000214. The van der Waals surface area contributed by atoms with Crippen molar-refractivity contribution < 1.29 is 14.7 Å². The predicted molar refractivity (Wildman–Crippen MR) is 198 cm³/mol. The number of nitrogens with two attached hydrogens (primary N) is 1. The van der Waals surface area contributed by atoms with E-state index in [0.717, 1.165) is 61.4 Å². The molecule has 0 saturated carbocycles. The van der Waals surface area contributed by atoms with Gasteiger partial charge in [0.2, 0.25) is 10.6 Å². The Morgan fingerprint density at radius 1 is 0.809 bits per heavy atom. The fraction of sp³-hybridized carbons (Fsp3) is 0.158. The Bertz CT molecular complexity index is 2040. The monoisotopic (exact) mass is 682 g/mol. The third-order valence-corrected chi connectivity index (χ3v) is 8.76. The molecule has 0 aliphatic rings. The maximum atomic E-state index is 12.6. The Labute approximate surface area is 289 Å². The van der Waals surface area contributed by atoms with Crippen LogP contribution in [0, 0.1) is 41.5 Å². The molecule has 3 N–H and O–H groups in total. The molecule has 0 bridgehead atoms. The van der Waals surface area contributed by atoms with Crippen LogP contribution in [0.25, 0.3) is 27.3 Å². The van der Waals surface area contributed by atoms with Crippen LogP contribution in [0.4, 0.5) is 0 Å². The van der Waals surface area contributed by atoms with Gasteiger partial charge in [-0.15, -0.1) is 0 Å². The fourth-order valence-electron chi connectivity index (χ4n) is 4.60. The summed E-state index contributed by atoms with van der Waals surface area (Å²) in [6, 6.07) is 26.6. The van der Waals surface area contributed by atoms with Crippen molar-refractivity contribution >= 4 is 56.9 Å². The molecule has 0 unspecified atom stereocenters.